The zero-order valence-corrected chi connectivity index (χ0v) is 10.6. The molecular formula is C11H18N4O2. The molecule has 1 aromatic rings. The number of anilines is 1. The van der Waals surface area contributed by atoms with Crippen LogP contribution in [0.1, 0.15) is 38.1 Å². The van der Waals surface area contributed by atoms with Crippen molar-refractivity contribution in [2.45, 2.75) is 46.1 Å². The molecule has 6 nitrogen and oxygen atoms in total. The monoisotopic (exact) mass is 238 g/mol. The number of carboxylic acids is 1. The third-order valence-corrected chi connectivity index (χ3v) is 2.70. The van der Waals surface area contributed by atoms with Crippen molar-refractivity contribution >= 4 is 11.9 Å². The smallest absolute Gasteiger partial charge is 0.329 e. The van der Waals surface area contributed by atoms with Crippen molar-refractivity contribution in [3.8, 4) is 0 Å². The van der Waals surface area contributed by atoms with E-state index in [1.165, 1.54) is 0 Å². The Kier molecular flexibility index (Phi) is 3.98. The second kappa shape index (κ2) is 5.07. The van der Waals surface area contributed by atoms with Gasteiger partial charge in [0.25, 0.3) is 0 Å². The minimum Gasteiger partial charge on any atom is -0.480 e. The first kappa shape index (κ1) is 13.3. The topological polar surface area (TPSA) is 88.0 Å². The lowest BCUT2D eigenvalue weighted by Crippen LogP contribution is -2.43. The first-order chi connectivity index (χ1) is 7.89. The van der Waals surface area contributed by atoms with Crippen molar-refractivity contribution in [1.82, 2.24) is 15.2 Å². The lowest BCUT2D eigenvalue weighted by molar-refractivity contribution is -0.142. The predicted molar refractivity (Wildman–Crippen MR) is 63.9 cm³/mol. The molecule has 94 valence electrons. The molecule has 0 spiro atoms. The van der Waals surface area contributed by atoms with Gasteiger partial charge in [-0.2, -0.15) is 5.10 Å². The molecule has 1 heterocycles. The molecule has 0 aliphatic heterocycles. The van der Waals surface area contributed by atoms with Crippen molar-refractivity contribution in [2.75, 3.05) is 5.32 Å². The summed E-state index contributed by atoms with van der Waals surface area (Å²) in [6.07, 6.45) is 1.26. The summed E-state index contributed by atoms with van der Waals surface area (Å²) >= 11 is 0. The van der Waals surface area contributed by atoms with Crippen molar-refractivity contribution < 1.29 is 9.90 Å². The summed E-state index contributed by atoms with van der Waals surface area (Å²) in [5, 5.41) is 19.8. The molecule has 0 amide bonds. The molecule has 1 unspecified atom stereocenters. The van der Waals surface area contributed by atoms with E-state index in [4.69, 9.17) is 0 Å². The van der Waals surface area contributed by atoms with E-state index < -0.39 is 11.5 Å². The van der Waals surface area contributed by atoms with E-state index in [1.54, 1.807) is 6.92 Å². The fraction of sp³-hybridized carbons (Fsp3) is 0.636. The van der Waals surface area contributed by atoms with E-state index in [0.717, 1.165) is 17.8 Å². The number of carbonyl (C=O) groups is 1. The molecule has 1 atom stereocenters. The first-order valence-electron chi connectivity index (χ1n) is 5.58. The summed E-state index contributed by atoms with van der Waals surface area (Å²) in [7, 11) is 0. The van der Waals surface area contributed by atoms with Gasteiger partial charge >= 0.3 is 5.97 Å². The van der Waals surface area contributed by atoms with Gasteiger partial charge in [-0.25, -0.2) is 9.78 Å². The number of aromatic nitrogens is 3. The van der Waals surface area contributed by atoms with Gasteiger partial charge in [-0.15, -0.1) is 5.10 Å². The van der Waals surface area contributed by atoms with E-state index in [1.807, 2.05) is 20.8 Å². The van der Waals surface area contributed by atoms with Crippen LogP contribution >= 0.6 is 0 Å². The van der Waals surface area contributed by atoms with Gasteiger partial charge in [0.1, 0.15) is 5.54 Å². The van der Waals surface area contributed by atoms with Crippen LogP contribution in [0.5, 0.6) is 0 Å². The zero-order valence-electron chi connectivity index (χ0n) is 10.6. The molecule has 0 aromatic carbocycles. The second-order valence-corrected chi connectivity index (χ2v) is 4.32. The largest absolute Gasteiger partial charge is 0.480 e. The van der Waals surface area contributed by atoms with Crippen molar-refractivity contribution in [1.29, 1.82) is 0 Å². The Morgan fingerprint density at radius 2 is 2.00 bits per heavy atom. The van der Waals surface area contributed by atoms with Gasteiger partial charge in [-0.3, -0.25) is 0 Å². The number of rotatable bonds is 5. The minimum absolute atomic E-state index is 0.256. The number of aliphatic carboxylic acids is 1. The van der Waals surface area contributed by atoms with Gasteiger partial charge in [0.15, 0.2) is 0 Å². The summed E-state index contributed by atoms with van der Waals surface area (Å²) in [6, 6.07) is 0. The minimum atomic E-state index is -1.06. The average molecular weight is 238 g/mol. The third-order valence-electron chi connectivity index (χ3n) is 2.70. The Balaban J connectivity index is 2.94. The van der Waals surface area contributed by atoms with Crippen LogP contribution < -0.4 is 5.32 Å². The average Bonchev–Trinajstić information content (AvgIpc) is 2.23. The third kappa shape index (κ3) is 3.12. The van der Waals surface area contributed by atoms with E-state index >= 15 is 0 Å². The van der Waals surface area contributed by atoms with E-state index in [0.29, 0.717) is 6.42 Å². The molecule has 2 N–H and O–H groups in total. The number of nitrogens with zero attached hydrogens (tertiary/aromatic N) is 3. The molecule has 1 aromatic heterocycles. The van der Waals surface area contributed by atoms with Crippen LogP contribution in [0, 0.1) is 13.8 Å². The molecule has 0 radical (unpaired) electrons. The zero-order chi connectivity index (χ0) is 13.1. The van der Waals surface area contributed by atoms with Crippen LogP contribution in [0.2, 0.25) is 0 Å². The Hall–Kier alpha value is -1.72. The summed E-state index contributed by atoms with van der Waals surface area (Å²) in [5.41, 5.74) is 0.424. The molecule has 1 rings (SSSR count). The standard InChI is InChI=1S/C11H18N4O2/c1-5-6-11(4,9(16)17)13-10-12-7(2)8(3)14-15-10/h5-6H2,1-4H3,(H,16,17)(H,12,13,15). The van der Waals surface area contributed by atoms with Crippen LogP contribution in [-0.2, 0) is 4.79 Å². The molecule has 0 saturated heterocycles. The Bertz CT molecular complexity index is 422. The van der Waals surface area contributed by atoms with Crippen LogP contribution in [0.15, 0.2) is 0 Å². The summed E-state index contributed by atoms with van der Waals surface area (Å²) < 4.78 is 0. The Morgan fingerprint density at radius 3 is 2.47 bits per heavy atom. The maximum atomic E-state index is 11.2. The van der Waals surface area contributed by atoms with E-state index in [9.17, 15) is 9.90 Å². The molecule has 0 aliphatic rings. The van der Waals surface area contributed by atoms with Crippen LogP contribution in [0.4, 0.5) is 5.95 Å². The number of hydrogen-bond acceptors (Lipinski definition) is 5. The van der Waals surface area contributed by atoms with Gasteiger partial charge < -0.3 is 10.4 Å². The molecule has 0 fully saturated rings. The predicted octanol–water partition coefficient (Wildman–Crippen LogP) is 1.54. The highest BCUT2D eigenvalue weighted by Gasteiger charge is 2.32. The normalized spacial score (nSPS) is 14.1. The maximum absolute atomic E-state index is 11.2. The Morgan fingerprint density at radius 1 is 1.35 bits per heavy atom. The lowest BCUT2D eigenvalue weighted by atomic mass is 9.97. The molecule has 0 bridgehead atoms. The number of carboxylic acid groups (broad SMARTS) is 1. The van der Waals surface area contributed by atoms with Crippen LogP contribution in [0.3, 0.4) is 0 Å². The first-order valence-corrected chi connectivity index (χ1v) is 5.58. The highest BCUT2D eigenvalue weighted by atomic mass is 16.4. The highest BCUT2D eigenvalue weighted by Crippen LogP contribution is 2.18. The number of aryl methyl sites for hydroxylation is 2. The highest BCUT2D eigenvalue weighted by molar-refractivity contribution is 5.81. The van der Waals surface area contributed by atoms with Gasteiger partial charge in [0.05, 0.1) is 11.4 Å². The fourth-order valence-electron chi connectivity index (χ4n) is 1.48. The fourth-order valence-corrected chi connectivity index (χ4v) is 1.48. The summed E-state index contributed by atoms with van der Waals surface area (Å²) in [4.78, 5) is 15.4. The SMILES string of the molecule is CCCC(C)(Nc1nnc(C)c(C)n1)C(=O)O. The molecule has 6 heteroatoms. The summed E-state index contributed by atoms with van der Waals surface area (Å²) in [6.45, 7) is 7.18. The van der Waals surface area contributed by atoms with Crippen molar-refractivity contribution in [2.24, 2.45) is 0 Å². The maximum Gasteiger partial charge on any atom is 0.329 e. The van der Waals surface area contributed by atoms with Crippen LogP contribution in [-0.4, -0.2) is 31.8 Å². The van der Waals surface area contributed by atoms with Gasteiger partial charge in [-0.05, 0) is 27.2 Å². The van der Waals surface area contributed by atoms with Gasteiger partial charge in [0.2, 0.25) is 5.95 Å². The van der Waals surface area contributed by atoms with E-state index in [2.05, 4.69) is 20.5 Å². The van der Waals surface area contributed by atoms with Gasteiger partial charge in [0, 0.05) is 0 Å². The second-order valence-electron chi connectivity index (χ2n) is 4.32. The van der Waals surface area contributed by atoms with Gasteiger partial charge in [-0.1, -0.05) is 13.3 Å². The van der Waals surface area contributed by atoms with Crippen molar-refractivity contribution in [3.63, 3.8) is 0 Å². The van der Waals surface area contributed by atoms with Crippen molar-refractivity contribution in [3.05, 3.63) is 11.4 Å². The summed E-state index contributed by atoms with van der Waals surface area (Å²) in [5.74, 6) is -0.660. The van der Waals surface area contributed by atoms with E-state index in [-0.39, 0.29) is 5.95 Å². The number of hydrogen-bond donors (Lipinski definition) is 2. The Labute approximate surface area is 100 Å². The molecular weight excluding hydrogens is 220 g/mol. The van der Waals surface area contributed by atoms with Crippen LogP contribution in [0.25, 0.3) is 0 Å². The molecule has 0 aliphatic carbocycles. The molecule has 17 heavy (non-hydrogen) atoms. The lowest BCUT2D eigenvalue weighted by Gasteiger charge is -2.25. The molecule has 0 saturated carbocycles. The number of nitrogens with one attached hydrogen (secondary N) is 1. The quantitative estimate of drug-likeness (QED) is 0.809.